The number of aromatic nitrogens is 2. The lowest BCUT2D eigenvalue weighted by Gasteiger charge is -2.34. The van der Waals surface area contributed by atoms with E-state index in [0.29, 0.717) is 53.9 Å². The molecule has 2 aromatic carbocycles. The third kappa shape index (κ3) is 4.02. The molecule has 1 amide bonds. The molecule has 4 rings (SSSR count). The number of fused-ring (bicyclic) bond motifs is 1. The molecule has 2 heterocycles. The van der Waals surface area contributed by atoms with Crippen molar-refractivity contribution in [3.8, 4) is 11.8 Å². The van der Waals surface area contributed by atoms with Gasteiger partial charge in [0.05, 0.1) is 17.0 Å². The van der Waals surface area contributed by atoms with Gasteiger partial charge in [-0.15, -0.1) is 0 Å². The van der Waals surface area contributed by atoms with Crippen LogP contribution in [-0.2, 0) is 6.42 Å². The molecule has 152 valence electrons. The molecule has 0 spiro atoms. The number of amides is 1. The molecule has 1 aliphatic heterocycles. The van der Waals surface area contributed by atoms with Crippen LogP contribution < -0.4 is 5.56 Å². The third-order valence-electron chi connectivity index (χ3n) is 5.35. The Labute approximate surface area is 173 Å². The van der Waals surface area contributed by atoms with Crippen LogP contribution in [0, 0.1) is 11.3 Å². The number of piperazine rings is 1. The Morgan fingerprint density at radius 2 is 1.87 bits per heavy atom. The van der Waals surface area contributed by atoms with E-state index < -0.39 is 0 Å². The van der Waals surface area contributed by atoms with Crippen LogP contribution in [0.4, 0.5) is 0 Å². The number of nitrogens with zero attached hydrogens (tertiary/aromatic N) is 4. The maximum Gasteiger partial charge on any atom is 0.258 e. The number of rotatable bonds is 4. The normalized spacial score (nSPS) is 14.6. The van der Waals surface area contributed by atoms with Crippen molar-refractivity contribution in [1.82, 2.24) is 19.8 Å². The third-order valence-corrected chi connectivity index (χ3v) is 5.35. The molecule has 8 heteroatoms. The number of H-pyrrole nitrogens is 1. The largest absolute Gasteiger partial charge is 0.506 e. The zero-order chi connectivity index (χ0) is 21.1. The summed E-state index contributed by atoms with van der Waals surface area (Å²) in [5.74, 6) is 0.495. The van der Waals surface area contributed by atoms with Gasteiger partial charge in [0.2, 0.25) is 0 Å². The van der Waals surface area contributed by atoms with Gasteiger partial charge in [-0.25, -0.2) is 4.98 Å². The zero-order valence-corrected chi connectivity index (χ0v) is 16.3. The quantitative estimate of drug-likeness (QED) is 0.683. The van der Waals surface area contributed by atoms with Gasteiger partial charge in [-0.3, -0.25) is 14.5 Å². The van der Waals surface area contributed by atoms with Crippen LogP contribution in [-0.4, -0.2) is 63.5 Å². The molecule has 0 atom stereocenters. The fraction of sp³-hybridized carbons (Fsp3) is 0.273. The lowest BCUT2D eigenvalue weighted by atomic mass is 10.1. The predicted octanol–water partition coefficient (Wildman–Crippen LogP) is 1.50. The molecule has 30 heavy (non-hydrogen) atoms. The Balaban J connectivity index is 1.34. The van der Waals surface area contributed by atoms with E-state index in [9.17, 15) is 14.7 Å². The molecule has 1 fully saturated rings. The topological polar surface area (TPSA) is 113 Å². The van der Waals surface area contributed by atoms with Crippen molar-refractivity contribution in [2.24, 2.45) is 0 Å². The summed E-state index contributed by atoms with van der Waals surface area (Å²) in [7, 11) is 0. The van der Waals surface area contributed by atoms with Crippen molar-refractivity contribution < 1.29 is 9.90 Å². The summed E-state index contributed by atoms with van der Waals surface area (Å²) in [5, 5.41) is 19.2. The van der Waals surface area contributed by atoms with Crippen LogP contribution >= 0.6 is 0 Å². The molecule has 1 aliphatic rings. The Morgan fingerprint density at radius 1 is 1.13 bits per heavy atom. The summed E-state index contributed by atoms with van der Waals surface area (Å²) >= 11 is 0. The maximum atomic E-state index is 12.6. The van der Waals surface area contributed by atoms with Crippen LogP contribution in [0.3, 0.4) is 0 Å². The minimum atomic E-state index is -0.260. The number of nitriles is 1. The number of hydrogen-bond acceptors (Lipinski definition) is 6. The highest BCUT2D eigenvalue weighted by atomic mass is 16.3. The summed E-state index contributed by atoms with van der Waals surface area (Å²) < 4.78 is 0. The second-order valence-electron chi connectivity index (χ2n) is 7.26. The first kappa shape index (κ1) is 19.6. The Kier molecular flexibility index (Phi) is 5.46. The number of carbonyl (C=O) groups excluding carboxylic acids is 1. The second kappa shape index (κ2) is 8.35. The predicted molar refractivity (Wildman–Crippen MR) is 111 cm³/mol. The molecule has 1 saturated heterocycles. The summed E-state index contributed by atoms with van der Waals surface area (Å²) in [5.41, 5.74) is 1.17. The molecule has 3 aromatic rings. The lowest BCUT2D eigenvalue weighted by molar-refractivity contribution is 0.0638. The SMILES string of the molecule is N#Cc1ccc(C(=O)N2CCN(CCc3nc4c(O)cccc4c(=O)[nH]3)CC2)cc1. The number of para-hydroxylation sites is 1. The fourth-order valence-electron chi connectivity index (χ4n) is 3.62. The number of nitrogens with one attached hydrogen (secondary N) is 1. The molecule has 0 bridgehead atoms. The number of aromatic hydroxyl groups is 1. The number of benzene rings is 2. The van der Waals surface area contributed by atoms with E-state index in [-0.39, 0.29) is 17.2 Å². The van der Waals surface area contributed by atoms with Crippen molar-refractivity contribution in [3.05, 3.63) is 69.8 Å². The van der Waals surface area contributed by atoms with Crippen molar-refractivity contribution in [1.29, 1.82) is 5.26 Å². The molecule has 0 radical (unpaired) electrons. The Hall–Kier alpha value is -3.70. The summed E-state index contributed by atoms with van der Waals surface area (Å²) in [6.45, 7) is 3.37. The van der Waals surface area contributed by atoms with Crippen molar-refractivity contribution in [2.75, 3.05) is 32.7 Å². The molecule has 8 nitrogen and oxygen atoms in total. The number of phenols is 1. The van der Waals surface area contributed by atoms with Gasteiger partial charge >= 0.3 is 0 Å². The summed E-state index contributed by atoms with van der Waals surface area (Å²) in [6.07, 6.45) is 0.545. The first-order valence-electron chi connectivity index (χ1n) is 9.78. The first-order chi connectivity index (χ1) is 14.5. The van der Waals surface area contributed by atoms with Crippen molar-refractivity contribution in [2.45, 2.75) is 6.42 Å². The second-order valence-corrected chi connectivity index (χ2v) is 7.26. The van der Waals surface area contributed by atoms with Gasteiger partial charge in [0.15, 0.2) is 0 Å². The molecule has 0 saturated carbocycles. The molecular weight excluding hydrogens is 382 g/mol. The van der Waals surface area contributed by atoms with Gasteiger partial charge in [-0.1, -0.05) is 6.07 Å². The van der Waals surface area contributed by atoms with E-state index in [1.807, 2.05) is 11.0 Å². The van der Waals surface area contributed by atoms with Gasteiger partial charge in [0, 0.05) is 44.7 Å². The summed E-state index contributed by atoms with van der Waals surface area (Å²) in [6, 6.07) is 13.5. The minimum Gasteiger partial charge on any atom is -0.506 e. The highest BCUT2D eigenvalue weighted by Crippen LogP contribution is 2.19. The highest BCUT2D eigenvalue weighted by Gasteiger charge is 2.22. The minimum absolute atomic E-state index is 0.00483. The number of phenolic OH excluding ortho intramolecular Hbond substituents is 1. The van der Waals surface area contributed by atoms with E-state index >= 15 is 0 Å². The van der Waals surface area contributed by atoms with Gasteiger partial charge < -0.3 is 15.0 Å². The standard InChI is InChI=1S/C22H21N5O3/c23-14-15-4-6-16(7-5-15)22(30)27-12-10-26(11-13-27)9-8-19-24-20-17(21(29)25-19)2-1-3-18(20)28/h1-7,28H,8-13H2,(H,24,25,29). The average molecular weight is 403 g/mol. The van der Waals surface area contributed by atoms with Crippen LogP contribution in [0.1, 0.15) is 21.7 Å². The van der Waals surface area contributed by atoms with Crippen LogP contribution in [0.25, 0.3) is 10.9 Å². The van der Waals surface area contributed by atoms with Gasteiger partial charge in [-0.2, -0.15) is 5.26 Å². The summed E-state index contributed by atoms with van der Waals surface area (Å²) in [4.78, 5) is 36.1. The number of aromatic amines is 1. The van der Waals surface area contributed by atoms with Gasteiger partial charge in [-0.05, 0) is 36.4 Å². The van der Waals surface area contributed by atoms with Crippen molar-refractivity contribution >= 4 is 16.8 Å². The molecule has 1 aromatic heterocycles. The number of hydrogen-bond donors (Lipinski definition) is 2. The van der Waals surface area contributed by atoms with E-state index in [1.165, 1.54) is 6.07 Å². The highest BCUT2D eigenvalue weighted by molar-refractivity contribution is 5.94. The molecule has 0 aliphatic carbocycles. The van der Waals surface area contributed by atoms with E-state index in [2.05, 4.69) is 14.9 Å². The van der Waals surface area contributed by atoms with E-state index in [4.69, 9.17) is 5.26 Å². The van der Waals surface area contributed by atoms with Crippen LogP contribution in [0.2, 0.25) is 0 Å². The van der Waals surface area contributed by atoms with E-state index in [0.717, 1.165) is 13.1 Å². The smallest absolute Gasteiger partial charge is 0.258 e. The Bertz CT molecular complexity index is 1170. The lowest BCUT2D eigenvalue weighted by Crippen LogP contribution is -2.49. The fourth-order valence-corrected chi connectivity index (χ4v) is 3.62. The first-order valence-corrected chi connectivity index (χ1v) is 9.78. The van der Waals surface area contributed by atoms with Gasteiger partial charge in [0.1, 0.15) is 17.1 Å². The average Bonchev–Trinajstić information content (AvgIpc) is 2.78. The van der Waals surface area contributed by atoms with Gasteiger partial charge in [0.25, 0.3) is 11.5 Å². The molecular formula is C22H21N5O3. The number of carbonyl (C=O) groups is 1. The van der Waals surface area contributed by atoms with E-state index in [1.54, 1.807) is 36.4 Å². The Morgan fingerprint density at radius 3 is 2.57 bits per heavy atom. The molecule has 2 N–H and O–H groups in total. The molecule has 0 unspecified atom stereocenters. The van der Waals surface area contributed by atoms with Crippen molar-refractivity contribution in [3.63, 3.8) is 0 Å². The zero-order valence-electron chi connectivity index (χ0n) is 16.3. The maximum absolute atomic E-state index is 12.6. The monoisotopic (exact) mass is 403 g/mol. The van der Waals surface area contributed by atoms with Crippen LogP contribution in [0.5, 0.6) is 5.75 Å². The van der Waals surface area contributed by atoms with Crippen LogP contribution in [0.15, 0.2) is 47.3 Å².